The Labute approximate surface area is 211 Å². The Morgan fingerprint density at radius 2 is 1.97 bits per heavy atom. The van der Waals surface area contributed by atoms with E-state index in [0.717, 1.165) is 17.3 Å². The molecule has 0 atom stereocenters. The number of carbonyl (C=O) groups excluding carboxylic acids is 1. The number of methoxy groups -OCH3 is 2. The van der Waals surface area contributed by atoms with Crippen molar-refractivity contribution in [2.24, 2.45) is 0 Å². The van der Waals surface area contributed by atoms with Gasteiger partial charge in [-0.15, -0.1) is 0 Å². The number of aromatic nitrogens is 2. The van der Waals surface area contributed by atoms with Gasteiger partial charge in [-0.05, 0) is 42.3 Å². The molecule has 182 valence electrons. The fourth-order valence-corrected chi connectivity index (χ4v) is 4.93. The summed E-state index contributed by atoms with van der Waals surface area (Å²) >= 11 is 6.61. The van der Waals surface area contributed by atoms with E-state index >= 15 is 0 Å². The molecule has 2 N–H and O–H groups in total. The molecule has 3 aromatic rings. The molecule has 1 fully saturated rings. The lowest BCUT2D eigenvalue weighted by molar-refractivity contribution is -0.122. The molecule has 0 unspecified atom stereocenters. The van der Waals surface area contributed by atoms with Crippen molar-refractivity contribution in [1.82, 2.24) is 14.3 Å². The first-order valence-electron chi connectivity index (χ1n) is 10.8. The molecular formula is C24H24N4O5S2. The van der Waals surface area contributed by atoms with Gasteiger partial charge < -0.3 is 19.9 Å². The number of thioether (sulfide) groups is 1. The molecule has 1 aliphatic rings. The lowest BCUT2D eigenvalue weighted by atomic mass is 10.1. The summed E-state index contributed by atoms with van der Waals surface area (Å²) in [6.07, 6.45) is 3.69. The molecule has 0 saturated carbocycles. The molecule has 0 bridgehead atoms. The highest BCUT2D eigenvalue weighted by atomic mass is 32.2. The first-order chi connectivity index (χ1) is 17.0. The minimum absolute atomic E-state index is 0.131. The zero-order valence-electron chi connectivity index (χ0n) is 19.2. The largest absolute Gasteiger partial charge is 0.493 e. The van der Waals surface area contributed by atoms with E-state index in [1.54, 1.807) is 38.6 Å². The number of thiocarbonyl (C=S) groups is 1. The topological polar surface area (TPSA) is 105 Å². The van der Waals surface area contributed by atoms with E-state index in [9.17, 15) is 14.7 Å². The smallest absolute Gasteiger partial charge is 0.267 e. The van der Waals surface area contributed by atoms with Crippen LogP contribution in [0.5, 0.6) is 11.5 Å². The van der Waals surface area contributed by atoms with E-state index < -0.39 is 0 Å². The van der Waals surface area contributed by atoms with Gasteiger partial charge in [-0.3, -0.25) is 18.9 Å². The highest BCUT2D eigenvalue weighted by molar-refractivity contribution is 8.26. The number of ether oxygens (including phenoxy) is 2. The van der Waals surface area contributed by atoms with Gasteiger partial charge in [0.2, 0.25) is 0 Å². The number of rotatable bonds is 9. The summed E-state index contributed by atoms with van der Waals surface area (Å²) in [5.74, 6) is 1.27. The molecule has 35 heavy (non-hydrogen) atoms. The minimum atomic E-state index is -0.327. The van der Waals surface area contributed by atoms with E-state index in [0.29, 0.717) is 45.2 Å². The molecule has 1 aromatic carbocycles. The number of nitrogens with one attached hydrogen (secondary N) is 1. The second kappa shape index (κ2) is 10.9. The third kappa shape index (κ3) is 5.16. The van der Waals surface area contributed by atoms with E-state index in [1.165, 1.54) is 15.4 Å². The van der Waals surface area contributed by atoms with Crippen LogP contribution in [0.1, 0.15) is 11.1 Å². The molecule has 1 amide bonds. The maximum absolute atomic E-state index is 13.2. The first-order valence-corrected chi connectivity index (χ1v) is 12.0. The highest BCUT2D eigenvalue weighted by Gasteiger charge is 2.32. The van der Waals surface area contributed by atoms with Crippen molar-refractivity contribution in [3.05, 3.63) is 69.0 Å². The number of nitrogens with zero attached hydrogens (tertiary/aromatic N) is 3. The van der Waals surface area contributed by atoms with Gasteiger partial charge in [-0.1, -0.05) is 36.1 Å². The molecule has 0 aliphatic carbocycles. The molecule has 1 saturated heterocycles. The molecule has 11 heteroatoms. The second-order valence-electron chi connectivity index (χ2n) is 7.53. The first kappa shape index (κ1) is 24.7. The lowest BCUT2D eigenvalue weighted by Gasteiger charge is -2.15. The average molecular weight is 513 g/mol. The number of hydrogen-bond acceptors (Lipinski definition) is 9. The quantitative estimate of drug-likeness (QED) is 0.331. The summed E-state index contributed by atoms with van der Waals surface area (Å²) in [4.78, 5) is 32.7. The Hall–Kier alpha value is -3.41. The Kier molecular flexibility index (Phi) is 7.69. The summed E-state index contributed by atoms with van der Waals surface area (Å²) in [6, 6.07) is 10.8. The van der Waals surface area contributed by atoms with Gasteiger partial charge in [0, 0.05) is 19.3 Å². The summed E-state index contributed by atoms with van der Waals surface area (Å²) in [6.45, 7) is 0.457. The van der Waals surface area contributed by atoms with Gasteiger partial charge in [0.05, 0.1) is 31.3 Å². The summed E-state index contributed by atoms with van der Waals surface area (Å²) < 4.78 is 12.5. The van der Waals surface area contributed by atoms with Crippen LogP contribution >= 0.6 is 24.0 Å². The van der Waals surface area contributed by atoms with Gasteiger partial charge in [-0.2, -0.15) is 0 Å². The van der Waals surface area contributed by atoms with Crippen LogP contribution < -0.4 is 20.3 Å². The van der Waals surface area contributed by atoms with Crippen molar-refractivity contribution in [3.8, 4) is 11.5 Å². The van der Waals surface area contributed by atoms with Crippen LogP contribution in [0.4, 0.5) is 5.82 Å². The maximum Gasteiger partial charge on any atom is 0.267 e. The molecular weight excluding hydrogens is 488 g/mol. The van der Waals surface area contributed by atoms with Gasteiger partial charge >= 0.3 is 0 Å². The number of aliphatic hydroxyl groups is 1. The Morgan fingerprint density at radius 3 is 2.71 bits per heavy atom. The van der Waals surface area contributed by atoms with Crippen molar-refractivity contribution in [3.63, 3.8) is 0 Å². The van der Waals surface area contributed by atoms with Crippen molar-refractivity contribution in [2.75, 3.05) is 39.2 Å². The number of anilines is 1. The van der Waals surface area contributed by atoms with E-state index in [-0.39, 0.29) is 30.2 Å². The summed E-state index contributed by atoms with van der Waals surface area (Å²) in [7, 11) is 3.15. The Morgan fingerprint density at radius 1 is 1.17 bits per heavy atom. The molecule has 0 radical (unpaired) electrons. The zero-order chi connectivity index (χ0) is 24.9. The summed E-state index contributed by atoms with van der Waals surface area (Å²) in [5, 5.41) is 12.2. The molecule has 1 aliphatic heterocycles. The van der Waals surface area contributed by atoms with Crippen molar-refractivity contribution < 1.29 is 19.4 Å². The maximum atomic E-state index is 13.2. The molecule has 2 aromatic heterocycles. The summed E-state index contributed by atoms with van der Waals surface area (Å²) in [5.41, 5.74) is 1.32. The van der Waals surface area contributed by atoms with Crippen molar-refractivity contribution >= 4 is 51.7 Å². The van der Waals surface area contributed by atoms with Gasteiger partial charge in [0.25, 0.3) is 11.5 Å². The van der Waals surface area contributed by atoms with Crippen LogP contribution in [0.15, 0.2) is 52.3 Å². The minimum Gasteiger partial charge on any atom is -0.493 e. The van der Waals surface area contributed by atoms with Gasteiger partial charge in [-0.25, -0.2) is 4.98 Å². The third-order valence-corrected chi connectivity index (χ3v) is 6.77. The Balaban J connectivity index is 1.60. The third-order valence-electron chi connectivity index (χ3n) is 5.39. The van der Waals surface area contributed by atoms with E-state index in [1.807, 2.05) is 18.2 Å². The SMILES string of the molecule is COc1ccc(CCN2C(=O)C(=Cc3c(NCCO)nc4ccccn4c3=O)SC2=S)cc1OC. The number of carbonyl (C=O) groups is 1. The van der Waals surface area contributed by atoms with Crippen molar-refractivity contribution in [2.45, 2.75) is 6.42 Å². The normalized spacial score (nSPS) is 14.7. The molecule has 9 nitrogen and oxygen atoms in total. The van der Waals surface area contributed by atoms with Crippen LogP contribution in [0.25, 0.3) is 11.7 Å². The number of fused-ring (bicyclic) bond motifs is 1. The molecule has 3 heterocycles. The zero-order valence-corrected chi connectivity index (χ0v) is 20.8. The van der Waals surface area contributed by atoms with Crippen LogP contribution in [0, 0.1) is 0 Å². The predicted molar refractivity (Wildman–Crippen MR) is 140 cm³/mol. The Bertz CT molecular complexity index is 1370. The predicted octanol–water partition coefficient (Wildman–Crippen LogP) is 2.56. The van der Waals surface area contributed by atoms with Gasteiger partial charge in [0.15, 0.2) is 11.5 Å². The standard InChI is InChI=1S/C24H24N4O5S2/c1-32-17-7-6-15(13-18(17)33-2)8-11-28-23(31)19(35-24(28)34)14-16-21(25-9-12-29)26-20-5-3-4-10-27(20)22(16)30/h3-7,10,13-14,25,29H,8-9,11-12H2,1-2H3. The second-order valence-corrected chi connectivity index (χ2v) is 9.21. The highest BCUT2D eigenvalue weighted by Crippen LogP contribution is 2.34. The number of aliphatic hydroxyl groups excluding tert-OH is 1. The number of hydrogen-bond donors (Lipinski definition) is 2. The van der Waals surface area contributed by atoms with Crippen LogP contribution in [-0.4, -0.2) is 63.5 Å². The van der Waals surface area contributed by atoms with E-state index in [2.05, 4.69) is 10.3 Å². The number of pyridine rings is 1. The van der Waals surface area contributed by atoms with Crippen molar-refractivity contribution in [1.29, 1.82) is 0 Å². The molecule has 0 spiro atoms. The van der Waals surface area contributed by atoms with Crippen LogP contribution in [0.3, 0.4) is 0 Å². The van der Waals surface area contributed by atoms with Gasteiger partial charge in [0.1, 0.15) is 15.8 Å². The average Bonchev–Trinajstić information content (AvgIpc) is 3.14. The van der Waals surface area contributed by atoms with E-state index in [4.69, 9.17) is 21.7 Å². The fraction of sp³-hybridized carbons (Fsp3) is 0.250. The number of benzene rings is 1. The molecule has 4 rings (SSSR count). The van der Waals surface area contributed by atoms with Crippen LogP contribution in [-0.2, 0) is 11.2 Å². The van der Waals surface area contributed by atoms with Crippen LogP contribution in [0.2, 0.25) is 0 Å². The lowest BCUT2D eigenvalue weighted by Crippen LogP contribution is -2.30. The number of amides is 1. The monoisotopic (exact) mass is 512 g/mol. The fourth-order valence-electron chi connectivity index (χ4n) is 3.64.